The van der Waals surface area contributed by atoms with Crippen LogP contribution in [-0.2, 0) is 16.1 Å². The molecule has 25 heavy (non-hydrogen) atoms. The van der Waals surface area contributed by atoms with E-state index >= 15 is 0 Å². The van der Waals surface area contributed by atoms with Gasteiger partial charge in [-0.2, -0.15) is 4.99 Å². The Morgan fingerprint density at radius 3 is 2.88 bits per heavy atom. The highest BCUT2D eigenvalue weighted by molar-refractivity contribution is 7.16. The third kappa shape index (κ3) is 4.13. The largest absolute Gasteiger partial charge is 0.383 e. The molecular formula is C17H21N3O4S. The summed E-state index contributed by atoms with van der Waals surface area (Å²) in [6.07, 6.45) is 5.07. The molecule has 0 bridgehead atoms. The zero-order valence-electron chi connectivity index (χ0n) is 14.1. The van der Waals surface area contributed by atoms with Gasteiger partial charge < -0.3 is 9.30 Å². The highest BCUT2D eigenvalue weighted by Crippen LogP contribution is 2.28. The van der Waals surface area contributed by atoms with Crippen LogP contribution in [0.1, 0.15) is 32.1 Å². The number of thiazole rings is 1. The molecule has 0 aliphatic heterocycles. The summed E-state index contributed by atoms with van der Waals surface area (Å²) in [6, 6.07) is 4.71. The molecule has 3 rings (SSSR count). The van der Waals surface area contributed by atoms with Crippen molar-refractivity contribution < 1.29 is 14.5 Å². The van der Waals surface area contributed by atoms with Gasteiger partial charge in [0.1, 0.15) is 0 Å². The number of nitro benzene ring substituents is 1. The Bertz CT molecular complexity index is 849. The average Bonchev–Trinajstić information content (AvgIpc) is 3.19. The number of ether oxygens (including phenoxy) is 1. The summed E-state index contributed by atoms with van der Waals surface area (Å²) in [5.41, 5.74) is 0.872. The van der Waals surface area contributed by atoms with Gasteiger partial charge in [0, 0.05) is 32.2 Å². The first-order chi connectivity index (χ1) is 12.1. The van der Waals surface area contributed by atoms with Crippen molar-refractivity contribution in [3.63, 3.8) is 0 Å². The third-order valence-corrected chi connectivity index (χ3v) is 5.60. The maximum atomic E-state index is 12.3. The lowest BCUT2D eigenvalue weighted by Crippen LogP contribution is -2.19. The van der Waals surface area contributed by atoms with E-state index in [1.165, 1.54) is 36.3 Å². The van der Waals surface area contributed by atoms with Crippen molar-refractivity contribution in [2.24, 2.45) is 10.9 Å². The number of carbonyl (C=O) groups excluding carboxylic acids is 1. The standard InChI is InChI=1S/C17H21N3O4S/c1-24-9-8-19-14-7-6-13(20(22)23)11-15(14)25-17(19)18-16(21)10-12-4-2-3-5-12/h6-7,11-12H,2-5,8-10H2,1H3. The number of benzene rings is 1. The number of hydrogen-bond donors (Lipinski definition) is 0. The number of rotatable bonds is 6. The van der Waals surface area contributed by atoms with Crippen LogP contribution in [0.3, 0.4) is 0 Å². The van der Waals surface area contributed by atoms with Crippen LogP contribution in [0.5, 0.6) is 0 Å². The minimum absolute atomic E-state index is 0.0384. The maximum absolute atomic E-state index is 12.3. The molecule has 1 fully saturated rings. The number of fused-ring (bicyclic) bond motifs is 1. The number of nitro groups is 1. The molecule has 134 valence electrons. The van der Waals surface area contributed by atoms with Crippen LogP contribution in [0, 0.1) is 16.0 Å². The van der Waals surface area contributed by atoms with E-state index in [0.29, 0.717) is 30.3 Å². The molecule has 1 aromatic carbocycles. The topological polar surface area (TPSA) is 86.7 Å². The van der Waals surface area contributed by atoms with Crippen LogP contribution >= 0.6 is 11.3 Å². The minimum atomic E-state index is -0.416. The van der Waals surface area contributed by atoms with Gasteiger partial charge in [0.25, 0.3) is 5.69 Å². The van der Waals surface area contributed by atoms with Crippen molar-refractivity contribution in [3.8, 4) is 0 Å². The summed E-state index contributed by atoms with van der Waals surface area (Å²) in [7, 11) is 1.61. The van der Waals surface area contributed by atoms with Gasteiger partial charge in [0.15, 0.2) is 4.80 Å². The summed E-state index contributed by atoms with van der Waals surface area (Å²) >= 11 is 1.31. The molecule has 1 saturated carbocycles. The number of aromatic nitrogens is 1. The van der Waals surface area contributed by atoms with E-state index in [0.717, 1.165) is 23.1 Å². The normalized spacial score (nSPS) is 16.0. The summed E-state index contributed by atoms with van der Waals surface area (Å²) in [5, 5.41) is 11.0. The first kappa shape index (κ1) is 17.8. The highest BCUT2D eigenvalue weighted by atomic mass is 32.1. The number of carbonyl (C=O) groups is 1. The fraction of sp³-hybridized carbons (Fsp3) is 0.529. The molecular weight excluding hydrogens is 342 g/mol. The predicted molar refractivity (Wildman–Crippen MR) is 95.5 cm³/mol. The molecule has 8 heteroatoms. The SMILES string of the molecule is COCCn1c(=NC(=O)CC2CCCC2)sc2cc([N+](=O)[O-])ccc21. The molecule has 0 radical (unpaired) electrons. The van der Waals surface area contributed by atoms with Gasteiger partial charge >= 0.3 is 0 Å². The number of nitrogens with zero attached hydrogens (tertiary/aromatic N) is 3. The Balaban J connectivity index is 1.97. The van der Waals surface area contributed by atoms with Crippen molar-refractivity contribution in [2.75, 3.05) is 13.7 Å². The average molecular weight is 363 g/mol. The highest BCUT2D eigenvalue weighted by Gasteiger charge is 2.19. The van der Waals surface area contributed by atoms with Crippen molar-refractivity contribution in [3.05, 3.63) is 33.1 Å². The predicted octanol–water partition coefficient (Wildman–Crippen LogP) is 3.27. The molecule has 0 N–H and O–H groups in total. The maximum Gasteiger partial charge on any atom is 0.270 e. The van der Waals surface area contributed by atoms with Crippen LogP contribution in [0.15, 0.2) is 23.2 Å². The van der Waals surface area contributed by atoms with Gasteiger partial charge in [-0.1, -0.05) is 24.2 Å². The molecule has 1 aromatic heterocycles. The fourth-order valence-electron chi connectivity index (χ4n) is 3.27. The first-order valence-electron chi connectivity index (χ1n) is 8.43. The molecule has 2 aromatic rings. The third-order valence-electron chi connectivity index (χ3n) is 4.55. The molecule has 0 saturated heterocycles. The van der Waals surface area contributed by atoms with E-state index in [1.807, 2.05) is 4.57 Å². The fourth-order valence-corrected chi connectivity index (χ4v) is 4.38. The number of amides is 1. The molecule has 1 aliphatic carbocycles. The number of methoxy groups -OCH3 is 1. The Morgan fingerprint density at radius 2 is 2.20 bits per heavy atom. The second-order valence-electron chi connectivity index (χ2n) is 6.30. The molecule has 1 amide bonds. The van der Waals surface area contributed by atoms with Gasteiger partial charge in [-0.05, 0) is 24.8 Å². The van der Waals surface area contributed by atoms with Crippen molar-refractivity contribution >= 4 is 33.1 Å². The zero-order valence-corrected chi connectivity index (χ0v) is 15.0. The van der Waals surface area contributed by atoms with Gasteiger partial charge in [-0.15, -0.1) is 0 Å². The summed E-state index contributed by atoms with van der Waals surface area (Å²) in [5.74, 6) is 0.332. The number of non-ortho nitro benzene ring substituents is 1. The lowest BCUT2D eigenvalue weighted by Gasteiger charge is -2.05. The van der Waals surface area contributed by atoms with Gasteiger partial charge in [-0.3, -0.25) is 14.9 Å². The second kappa shape index (κ2) is 7.88. The quantitative estimate of drug-likeness (QED) is 0.582. The van der Waals surface area contributed by atoms with E-state index < -0.39 is 4.92 Å². The minimum Gasteiger partial charge on any atom is -0.383 e. The monoisotopic (exact) mass is 363 g/mol. The van der Waals surface area contributed by atoms with E-state index in [4.69, 9.17) is 4.74 Å². The van der Waals surface area contributed by atoms with Crippen LogP contribution < -0.4 is 4.80 Å². The van der Waals surface area contributed by atoms with Crippen molar-refractivity contribution in [1.82, 2.24) is 4.57 Å². The van der Waals surface area contributed by atoms with Crippen LogP contribution in [-0.4, -0.2) is 29.1 Å². The van der Waals surface area contributed by atoms with Crippen LogP contribution in [0.4, 0.5) is 5.69 Å². The van der Waals surface area contributed by atoms with Crippen LogP contribution in [0.2, 0.25) is 0 Å². The van der Waals surface area contributed by atoms with Gasteiger partial charge in [-0.25, -0.2) is 0 Å². The molecule has 1 heterocycles. The van der Waals surface area contributed by atoms with Crippen molar-refractivity contribution in [1.29, 1.82) is 0 Å². The molecule has 0 unspecified atom stereocenters. The lowest BCUT2D eigenvalue weighted by molar-refractivity contribution is -0.384. The molecule has 0 spiro atoms. The van der Waals surface area contributed by atoms with Gasteiger partial charge in [0.2, 0.25) is 5.91 Å². The zero-order chi connectivity index (χ0) is 17.8. The molecule has 7 nitrogen and oxygen atoms in total. The number of hydrogen-bond acceptors (Lipinski definition) is 5. The second-order valence-corrected chi connectivity index (χ2v) is 7.31. The first-order valence-corrected chi connectivity index (χ1v) is 9.24. The summed E-state index contributed by atoms with van der Waals surface area (Å²) in [6.45, 7) is 1.02. The summed E-state index contributed by atoms with van der Waals surface area (Å²) in [4.78, 5) is 27.8. The molecule has 1 aliphatic rings. The smallest absolute Gasteiger partial charge is 0.270 e. The Kier molecular flexibility index (Phi) is 5.60. The lowest BCUT2D eigenvalue weighted by atomic mass is 10.0. The van der Waals surface area contributed by atoms with E-state index in [2.05, 4.69) is 4.99 Å². The Hall–Kier alpha value is -2.06. The van der Waals surface area contributed by atoms with E-state index in [1.54, 1.807) is 13.2 Å². The molecule has 0 atom stereocenters. The Labute approximate surface area is 149 Å². The Morgan fingerprint density at radius 1 is 1.44 bits per heavy atom. The van der Waals surface area contributed by atoms with E-state index in [-0.39, 0.29) is 11.6 Å². The summed E-state index contributed by atoms with van der Waals surface area (Å²) < 4.78 is 7.79. The van der Waals surface area contributed by atoms with E-state index in [9.17, 15) is 14.9 Å². The van der Waals surface area contributed by atoms with Crippen molar-refractivity contribution in [2.45, 2.75) is 38.6 Å². The van der Waals surface area contributed by atoms with Gasteiger partial charge in [0.05, 0.1) is 21.7 Å². The van der Waals surface area contributed by atoms with Crippen LogP contribution in [0.25, 0.3) is 10.2 Å².